The summed E-state index contributed by atoms with van der Waals surface area (Å²) < 4.78 is 26.7. The number of halogens is 2. The van der Waals surface area contributed by atoms with E-state index in [4.69, 9.17) is 0 Å². The maximum absolute atomic E-state index is 13.6. The lowest BCUT2D eigenvalue weighted by Crippen LogP contribution is -2.23. The Morgan fingerprint density at radius 2 is 1.89 bits per heavy atom. The molecule has 0 aliphatic carbocycles. The zero-order valence-electron chi connectivity index (χ0n) is 10.3. The molecule has 1 nitrogen and oxygen atoms in total. The van der Waals surface area contributed by atoms with Gasteiger partial charge in [-0.05, 0) is 54.4 Å². The van der Waals surface area contributed by atoms with Gasteiger partial charge in [-0.1, -0.05) is 0 Å². The van der Waals surface area contributed by atoms with Crippen LogP contribution in [-0.2, 0) is 0 Å². The molecule has 0 aliphatic rings. The van der Waals surface area contributed by atoms with Gasteiger partial charge in [0.05, 0.1) is 0 Å². The standard InChI is InChI=1S/C14H15F2NS/c1-9(11-5-6-18-8-11)17-10(2)13-7-12(15)3-4-14(13)16/h3-10,17H,1-2H3. The summed E-state index contributed by atoms with van der Waals surface area (Å²) in [5.41, 5.74) is 1.51. The van der Waals surface area contributed by atoms with E-state index in [-0.39, 0.29) is 17.9 Å². The van der Waals surface area contributed by atoms with E-state index in [1.165, 1.54) is 6.07 Å². The van der Waals surface area contributed by atoms with Crippen molar-refractivity contribution in [3.8, 4) is 0 Å². The molecule has 1 aromatic heterocycles. The summed E-state index contributed by atoms with van der Waals surface area (Å²) in [6, 6.07) is 5.43. The van der Waals surface area contributed by atoms with Gasteiger partial charge in [0.2, 0.25) is 0 Å². The molecule has 0 fully saturated rings. The lowest BCUT2D eigenvalue weighted by Gasteiger charge is -2.20. The second kappa shape index (κ2) is 5.59. The highest BCUT2D eigenvalue weighted by Gasteiger charge is 2.15. The summed E-state index contributed by atoms with van der Waals surface area (Å²) in [5.74, 6) is -0.794. The smallest absolute Gasteiger partial charge is 0.128 e. The monoisotopic (exact) mass is 267 g/mol. The van der Waals surface area contributed by atoms with E-state index in [1.54, 1.807) is 11.3 Å². The summed E-state index contributed by atoms with van der Waals surface area (Å²) in [7, 11) is 0. The molecule has 0 radical (unpaired) electrons. The van der Waals surface area contributed by atoms with Crippen LogP contribution in [0.4, 0.5) is 8.78 Å². The van der Waals surface area contributed by atoms with E-state index in [0.29, 0.717) is 5.56 Å². The first kappa shape index (κ1) is 13.2. The summed E-state index contributed by atoms with van der Waals surface area (Å²) in [5, 5.41) is 7.32. The molecule has 0 bridgehead atoms. The fourth-order valence-electron chi connectivity index (χ4n) is 1.93. The molecule has 2 atom stereocenters. The van der Waals surface area contributed by atoms with Crippen molar-refractivity contribution in [1.82, 2.24) is 5.32 Å². The third-order valence-corrected chi connectivity index (χ3v) is 3.67. The minimum absolute atomic E-state index is 0.105. The van der Waals surface area contributed by atoms with Gasteiger partial charge in [0.25, 0.3) is 0 Å². The van der Waals surface area contributed by atoms with Gasteiger partial charge in [0, 0.05) is 17.6 Å². The van der Waals surface area contributed by atoms with Crippen molar-refractivity contribution in [2.75, 3.05) is 0 Å². The summed E-state index contributed by atoms with van der Waals surface area (Å²) >= 11 is 1.62. The lowest BCUT2D eigenvalue weighted by atomic mass is 10.1. The molecular weight excluding hydrogens is 252 g/mol. The molecule has 0 saturated heterocycles. The Hall–Kier alpha value is -1.26. The predicted octanol–water partition coefficient (Wildman–Crippen LogP) is 4.44. The van der Waals surface area contributed by atoms with E-state index in [1.807, 2.05) is 30.7 Å². The molecular formula is C14H15F2NS. The third kappa shape index (κ3) is 2.94. The van der Waals surface area contributed by atoms with Gasteiger partial charge >= 0.3 is 0 Å². The van der Waals surface area contributed by atoms with Crippen molar-refractivity contribution < 1.29 is 8.78 Å². The van der Waals surface area contributed by atoms with Gasteiger partial charge in [0.1, 0.15) is 11.6 Å². The Kier molecular flexibility index (Phi) is 4.09. The van der Waals surface area contributed by atoms with Crippen molar-refractivity contribution in [2.24, 2.45) is 0 Å². The van der Waals surface area contributed by atoms with E-state index in [0.717, 1.165) is 17.7 Å². The van der Waals surface area contributed by atoms with Gasteiger partial charge in [-0.2, -0.15) is 11.3 Å². The van der Waals surface area contributed by atoms with Crippen molar-refractivity contribution in [1.29, 1.82) is 0 Å². The van der Waals surface area contributed by atoms with Gasteiger partial charge in [-0.15, -0.1) is 0 Å². The molecule has 2 aromatic rings. The fourth-order valence-corrected chi connectivity index (χ4v) is 2.68. The molecule has 0 aliphatic heterocycles. The SMILES string of the molecule is CC(NC(C)c1cc(F)ccc1F)c1ccsc1. The first-order valence-electron chi connectivity index (χ1n) is 5.81. The quantitative estimate of drug-likeness (QED) is 0.863. The third-order valence-electron chi connectivity index (χ3n) is 2.97. The Bertz CT molecular complexity index is 511. The zero-order chi connectivity index (χ0) is 13.1. The first-order chi connectivity index (χ1) is 8.58. The van der Waals surface area contributed by atoms with E-state index in [9.17, 15) is 8.78 Å². The second-order valence-corrected chi connectivity index (χ2v) is 5.11. The summed E-state index contributed by atoms with van der Waals surface area (Å²) in [4.78, 5) is 0. The molecule has 0 saturated carbocycles. The highest BCUT2D eigenvalue weighted by molar-refractivity contribution is 7.07. The average Bonchev–Trinajstić information content (AvgIpc) is 2.85. The summed E-state index contributed by atoms with van der Waals surface area (Å²) in [6.07, 6.45) is 0. The topological polar surface area (TPSA) is 12.0 Å². The van der Waals surface area contributed by atoms with Crippen molar-refractivity contribution >= 4 is 11.3 Å². The predicted molar refractivity (Wildman–Crippen MR) is 70.6 cm³/mol. The zero-order valence-corrected chi connectivity index (χ0v) is 11.1. The highest BCUT2D eigenvalue weighted by Crippen LogP contribution is 2.23. The van der Waals surface area contributed by atoms with Crippen LogP contribution in [0.15, 0.2) is 35.0 Å². The Labute approximate surface area is 109 Å². The van der Waals surface area contributed by atoms with E-state index >= 15 is 0 Å². The molecule has 18 heavy (non-hydrogen) atoms. The molecule has 0 amide bonds. The van der Waals surface area contributed by atoms with Crippen LogP contribution in [0.1, 0.15) is 37.1 Å². The maximum Gasteiger partial charge on any atom is 0.128 e. The number of rotatable bonds is 4. The number of hydrogen-bond acceptors (Lipinski definition) is 2. The Morgan fingerprint density at radius 3 is 2.56 bits per heavy atom. The van der Waals surface area contributed by atoms with Crippen LogP contribution in [0.5, 0.6) is 0 Å². The second-order valence-electron chi connectivity index (χ2n) is 4.33. The van der Waals surface area contributed by atoms with Gasteiger partial charge < -0.3 is 5.32 Å². The fraction of sp³-hybridized carbons (Fsp3) is 0.286. The van der Waals surface area contributed by atoms with Crippen molar-refractivity contribution in [2.45, 2.75) is 25.9 Å². The Balaban J connectivity index is 2.12. The number of hydrogen-bond donors (Lipinski definition) is 1. The molecule has 0 spiro atoms. The van der Waals surface area contributed by atoms with Crippen LogP contribution in [0.3, 0.4) is 0 Å². The number of benzene rings is 1. The summed E-state index contributed by atoms with van der Waals surface area (Å²) in [6.45, 7) is 3.84. The largest absolute Gasteiger partial charge is 0.304 e. The van der Waals surface area contributed by atoms with Crippen LogP contribution in [-0.4, -0.2) is 0 Å². The first-order valence-corrected chi connectivity index (χ1v) is 6.75. The van der Waals surface area contributed by atoms with Crippen LogP contribution in [0, 0.1) is 11.6 Å². The molecule has 2 unspecified atom stereocenters. The van der Waals surface area contributed by atoms with Gasteiger partial charge in [-0.25, -0.2) is 8.78 Å². The van der Waals surface area contributed by atoms with Crippen LogP contribution in [0.2, 0.25) is 0 Å². The number of thiophene rings is 1. The van der Waals surface area contributed by atoms with Crippen LogP contribution < -0.4 is 5.32 Å². The minimum atomic E-state index is -0.414. The molecule has 2 rings (SSSR count). The normalized spacial score (nSPS) is 14.4. The Morgan fingerprint density at radius 1 is 1.11 bits per heavy atom. The van der Waals surface area contributed by atoms with Crippen LogP contribution >= 0.6 is 11.3 Å². The molecule has 1 N–H and O–H groups in total. The molecule has 96 valence electrons. The van der Waals surface area contributed by atoms with Crippen molar-refractivity contribution in [3.05, 3.63) is 57.8 Å². The molecule has 1 aromatic carbocycles. The maximum atomic E-state index is 13.6. The van der Waals surface area contributed by atoms with Gasteiger partial charge in [-0.3, -0.25) is 0 Å². The van der Waals surface area contributed by atoms with Crippen molar-refractivity contribution in [3.63, 3.8) is 0 Å². The van der Waals surface area contributed by atoms with E-state index < -0.39 is 5.82 Å². The molecule has 4 heteroatoms. The van der Waals surface area contributed by atoms with Crippen LogP contribution in [0.25, 0.3) is 0 Å². The minimum Gasteiger partial charge on any atom is -0.304 e. The number of nitrogens with one attached hydrogen (secondary N) is 1. The molecule has 1 heterocycles. The lowest BCUT2D eigenvalue weighted by molar-refractivity contribution is 0.470. The van der Waals surface area contributed by atoms with Gasteiger partial charge in [0.15, 0.2) is 0 Å². The average molecular weight is 267 g/mol. The highest BCUT2D eigenvalue weighted by atomic mass is 32.1. The van der Waals surface area contributed by atoms with E-state index in [2.05, 4.69) is 5.32 Å².